The van der Waals surface area contributed by atoms with Crippen LogP contribution < -0.4 is 5.32 Å². The minimum absolute atomic E-state index is 0.0629. The van der Waals surface area contributed by atoms with Crippen molar-refractivity contribution in [2.45, 2.75) is 34.6 Å². The molecule has 0 spiro atoms. The van der Waals surface area contributed by atoms with E-state index in [9.17, 15) is 0 Å². The molecular weight excluding hydrogens is 472 g/mol. The number of aromatic amines is 2. The lowest BCUT2D eigenvalue weighted by Crippen LogP contribution is -2.15. The van der Waals surface area contributed by atoms with Crippen LogP contribution in [0.25, 0.3) is 39.2 Å². The summed E-state index contributed by atoms with van der Waals surface area (Å²) in [5.74, 6) is 0. The maximum atomic E-state index is 4.62. The van der Waals surface area contributed by atoms with E-state index in [2.05, 4.69) is 94.5 Å². The van der Waals surface area contributed by atoms with Crippen molar-refractivity contribution in [1.82, 2.24) is 34.7 Å². The molecule has 5 aromatic rings. The van der Waals surface area contributed by atoms with E-state index in [4.69, 9.17) is 0 Å². The smallest absolute Gasteiger partial charge is 0.181 e. The predicted molar refractivity (Wildman–Crippen MR) is 154 cm³/mol. The number of anilines is 1. The summed E-state index contributed by atoms with van der Waals surface area (Å²) in [5.41, 5.74) is 10.1. The summed E-state index contributed by atoms with van der Waals surface area (Å²) < 4.78 is 2.00. The fraction of sp³-hybridized carbons (Fsp3) is 0.200. The van der Waals surface area contributed by atoms with Crippen LogP contribution in [0.1, 0.15) is 37.7 Å². The SMILES string of the molecule is C=C/C=C(\c1cc(-c2[nH]nc3ncc(-c4cncc(NC(=C)C(C)(C)C)c4)cc23)[nH]c1C)n1cnc(C)c1. The van der Waals surface area contributed by atoms with E-state index >= 15 is 0 Å². The number of fused-ring (bicyclic) bond motifs is 1. The Hall–Kier alpha value is -4.72. The molecule has 5 aromatic heterocycles. The van der Waals surface area contributed by atoms with Crippen molar-refractivity contribution in [3.63, 3.8) is 0 Å². The molecule has 38 heavy (non-hydrogen) atoms. The highest BCUT2D eigenvalue weighted by Gasteiger charge is 2.18. The van der Waals surface area contributed by atoms with Gasteiger partial charge in [0.2, 0.25) is 0 Å². The molecule has 5 rings (SSSR count). The molecule has 0 amide bonds. The molecule has 0 aliphatic heterocycles. The Bertz CT molecular complexity index is 1690. The second kappa shape index (κ2) is 9.63. The Labute approximate surface area is 222 Å². The summed E-state index contributed by atoms with van der Waals surface area (Å²) in [5, 5.41) is 11.9. The summed E-state index contributed by atoms with van der Waals surface area (Å²) in [6.07, 6.45) is 13.0. The maximum Gasteiger partial charge on any atom is 0.181 e. The van der Waals surface area contributed by atoms with Crippen LogP contribution in [-0.2, 0) is 0 Å². The van der Waals surface area contributed by atoms with Gasteiger partial charge in [0.25, 0.3) is 0 Å². The third kappa shape index (κ3) is 4.80. The number of aryl methyl sites for hydroxylation is 2. The number of nitrogens with one attached hydrogen (secondary N) is 3. The van der Waals surface area contributed by atoms with Crippen LogP contribution in [0.2, 0.25) is 0 Å². The lowest BCUT2D eigenvalue weighted by atomic mass is 9.93. The first-order valence-corrected chi connectivity index (χ1v) is 12.4. The van der Waals surface area contributed by atoms with E-state index in [-0.39, 0.29) is 5.41 Å². The molecule has 0 unspecified atom stereocenters. The fourth-order valence-corrected chi connectivity index (χ4v) is 4.23. The molecular formula is C30H32N8. The van der Waals surface area contributed by atoms with Gasteiger partial charge in [-0.15, -0.1) is 0 Å². The van der Waals surface area contributed by atoms with Crippen molar-refractivity contribution < 1.29 is 0 Å². The largest absolute Gasteiger partial charge is 0.358 e. The van der Waals surface area contributed by atoms with Crippen molar-refractivity contribution in [3.05, 3.63) is 97.3 Å². The third-order valence-electron chi connectivity index (χ3n) is 6.51. The number of pyridine rings is 2. The second-order valence-corrected chi connectivity index (χ2v) is 10.4. The zero-order chi connectivity index (χ0) is 27.0. The lowest BCUT2D eigenvalue weighted by Gasteiger charge is -2.23. The first-order valence-electron chi connectivity index (χ1n) is 12.4. The first kappa shape index (κ1) is 25.0. The number of rotatable bonds is 7. The van der Waals surface area contributed by atoms with E-state index in [1.165, 1.54) is 0 Å². The summed E-state index contributed by atoms with van der Waals surface area (Å²) in [6, 6.07) is 6.27. The molecule has 0 bridgehead atoms. The quantitative estimate of drug-likeness (QED) is 0.210. The van der Waals surface area contributed by atoms with Crippen LogP contribution in [0.15, 0.2) is 80.3 Å². The van der Waals surface area contributed by atoms with Crippen molar-refractivity contribution >= 4 is 22.4 Å². The average Bonchev–Trinajstić information content (AvgIpc) is 3.60. The summed E-state index contributed by atoms with van der Waals surface area (Å²) in [6.45, 7) is 18.5. The van der Waals surface area contributed by atoms with E-state index in [1.54, 1.807) is 12.3 Å². The topological polar surface area (TPSA) is 100 Å². The van der Waals surface area contributed by atoms with Crippen LogP contribution in [0.4, 0.5) is 5.69 Å². The highest BCUT2D eigenvalue weighted by molar-refractivity contribution is 5.93. The Balaban J connectivity index is 1.52. The molecule has 0 atom stereocenters. The third-order valence-corrected chi connectivity index (χ3v) is 6.51. The van der Waals surface area contributed by atoms with Gasteiger partial charge in [-0.2, -0.15) is 5.10 Å². The van der Waals surface area contributed by atoms with Crippen molar-refractivity contribution in [3.8, 4) is 22.5 Å². The van der Waals surface area contributed by atoms with Gasteiger partial charge in [0.1, 0.15) is 0 Å². The zero-order valence-electron chi connectivity index (χ0n) is 22.4. The Kier molecular flexibility index (Phi) is 6.32. The predicted octanol–water partition coefficient (Wildman–Crippen LogP) is 6.88. The molecule has 0 aliphatic carbocycles. The normalized spacial score (nSPS) is 12.2. The van der Waals surface area contributed by atoms with Gasteiger partial charge in [0, 0.05) is 57.5 Å². The molecule has 0 radical (unpaired) electrons. The average molecular weight is 505 g/mol. The molecule has 0 aliphatic rings. The van der Waals surface area contributed by atoms with Crippen molar-refractivity contribution in [1.29, 1.82) is 0 Å². The van der Waals surface area contributed by atoms with Gasteiger partial charge in [0.15, 0.2) is 5.65 Å². The molecule has 5 heterocycles. The fourth-order valence-electron chi connectivity index (χ4n) is 4.23. The van der Waals surface area contributed by atoms with E-state index in [0.717, 1.165) is 61.9 Å². The number of hydrogen-bond acceptors (Lipinski definition) is 5. The molecule has 0 aromatic carbocycles. The summed E-state index contributed by atoms with van der Waals surface area (Å²) in [4.78, 5) is 17.0. The maximum absolute atomic E-state index is 4.62. The molecule has 8 nitrogen and oxygen atoms in total. The van der Waals surface area contributed by atoms with E-state index in [0.29, 0.717) is 5.65 Å². The summed E-state index contributed by atoms with van der Waals surface area (Å²) in [7, 11) is 0. The van der Waals surface area contributed by atoms with Crippen LogP contribution in [-0.4, -0.2) is 34.7 Å². The van der Waals surface area contributed by atoms with Crippen LogP contribution >= 0.6 is 0 Å². The molecule has 3 N–H and O–H groups in total. The van der Waals surface area contributed by atoms with E-state index in [1.807, 2.05) is 42.5 Å². The van der Waals surface area contributed by atoms with E-state index < -0.39 is 0 Å². The molecule has 0 saturated carbocycles. The van der Waals surface area contributed by atoms with Crippen molar-refractivity contribution in [2.24, 2.45) is 5.41 Å². The lowest BCUT2D eigenvalue weighted by molar-refractivity contribution is 0.509. The van der Waals surface area contributed by atoms with Gasteiger partial charge in [-0.05, 0) is 38.1 Å². The zero-order valence-corrected chi connectivity index (χ0v) is 22.4. The minimum atomic E-state index is -0.0629. The number of imidazole rings is 1. The summed E-state index contributed by atoms with van der Waals surface area (Å²) >= 11 is 0. The number of aromatic nitrogens is 7. The molecule has 192 valence electrons. The van der Waals surface area contributed by atoms with Crippen molar-refractivity contribution in [2.75, 3.05) is 5.32 Å². The number of H-pyrrole nitrogens is 2. The molecule has 8 heteroatoms. The van der Waals surface area contributed by atoms with Gasteiger partial charge in [-0.1, -0.05) is 40.0 Å². The second-order valence-electron chi connectivity index (χ2n) is 10.4. The van der Waals surface area contributed by atoms with Crippen LogP contribution in [0, 0.1) is 19.3 Å². The molecule has 0 saturated heterocycles. The van der Waals surface area contributed by atoms with Crippen LogP contribution in [0.3, 0.4) is 0 Å². The Morgan fingerprint density at radius 1 is 1.05 bits per heavy atom. The number of hydrogen-bond donors (Lipinski definition) is 3. The van der Waals surface area contributed by atoms with Gasteiger partial charge in [0.05, 0.1) is 41.0 Å². The molecule has 0 fully saturated rings. The highest BCUT2D eigenvalue weighted by atomic mass is 15.2. The first-order chi connectivity index (χ1) is 18.1. The van der Waals surface area contributed by atoms with Gasteiger partial charge < -0.3 is 14.9 Å². The Morgan fingerprint density at radius 2 is 1.84 bits per heavy atom. The number of nitrogens with zero attached hydrogens (tertiary/aromatic N) is 5. The number of allylic oxidation sites excluding steroid dienone is 3. The van der Waals surface area contributed by atoms with Gasteiger partial charge >= 0.3 is 0 Å². The Morgan fingerprint density at radius 3 is 2.55 bits per heavy atom. The standard InChI is InChI=1S/C30H32N8/c1-8-9-27(38-16-18(2)33-17-38)24-12-26(34-19(24)3)28-25-11-22(14-32-29(25)37-36-28)21-10-23(15-31-13-21)35-20(4)30(5,6)7/h8-17,34-35H,1,4H2,2-3,5-7H3,(H,32,36,37)/b27-9+. The minimum Gasteiger partial charge on any atom is -0.358 e. The van der Waals surface area contributed by atoms with Gasteiger partial charge in [-0.3, -0.25) is 10.1 Å². The van der Waals surface area contributed by atoms with Crippen LogP contribution in [0.5, 0.6) is 0 Å². The highest BCUT2D eigenvalue weighted by Crippen LogP contribution is 2.33. The van der Waals surface area contributed by atoms with Gasteiger partial charge in [-0.25, -0.2) is 9.97 Å². The monoisotopic (exact) mass is 504 g/mol.